The number of anilines is 1. The minimum atomic E-state index is -0.241. The second-order valence-electron chi connectivity index (χ2n) is 4.55. The predicted octanol–water partition coefficient (Wildman–Crippen LogP) is 1.45. The molecule has 1 fully saturated rings. The fourth-order valence-electron chi connectivity index (χ4n) is 2.32. The van der Waals surface area contributed by atoms with Crippen LogP contribution in [0, 0.1) is 0 Å². The number of carbonyl (C=O) groups is 2. The Morgan fingerprint density at radius 1 is 1.47 bits per heavy atom. The van der Waals surface area contributed by atoms with Gasteiger partial charge in [-0.2, -0.15) is 0 Å². The van der Waals surface area contributed by atoms with Crippen LogP contribution in [0.15, 0.2) is 30.3 Å². The van der Waals surface area contributed by atoms with E-state index in [1.54, 1.807) is 17.0 Å². The Balaban J connectivity index is 2.18. The molecule has 1 aromatic carbocycles. The lowest BCUT2D eigenvalue weighted by Gasteiger charge is -2.37. The lowest BCUT2D eigenvalue weighted by Crippen LogP contribution is -2.57. The fraction of sp³-hybridized carbons (Fsp3) is 0.429. The number of nitrogens with zero attached hydrogens (tertiary/aromatic N) is 2. The first kappa shape index (κ1) is 13.5. The molecule has 1 aliphatic heterocycles. The molecular weight excluding hydrogens is 242 g/mol. The summed E-state index contributed by atoms with van der Waals surface area (Å²) in [7, 11) is 0. The number of hydrogen-bond donors (Lipinski definition) is 1. The number of amides is 3. The number of rotatable bonds is 3. The maximum Gasteiger partial charge on any atom is 0.331 e. The number of para-hydroxylation sites is 1. The van der Waals surface area contributed by atoms with E-state index in [2.05, 4.69) is 5.32 Å². The van der Waals surface area contributed by atoms with Crippen molar-refractivity contribution in [1.82, 2.24) is 10.2 Å². The van der Waals surface area contributed by atoms with E-state index in [0.717, 1.165) is 19.5 Å². The Labute approximate surface area is 113 Å². The molecule has 2 rings (SSSR count). The molecule has 19 heavy (non-hydrogen) atoms. The molecule has 1 N–H and O–H groups in total. The Hall–Kier alpha value is -1.88. The summed E-state index contributed by atoms with van der Waals surface area (Å²) in [6.45, 7) is 4.23. The molecule has 1 heterocycles. The van der Waals surface area contributed by atoms with Gasteiger partial charge in [0, 0.05) is 25.7 Å². The molecule has 0 bridgehead atoms. The van der Waals surface area contributed by atoms with Gasteiger partial charge in [0.15, 0.2) is 0 Å². The number of benzene rings is 1. The van der Waals surface area contributed by atoms with Gasteiger partial charge in [-0.15, -0.1) is 0 Å². The van der Waals surface area contributed by atoms with E-state index < -0.39 is 0 Å². The van der Waals surface area contributed by atoms with Gasteiger partial charge in [-0.05, 0) is 18.6 Å². The predicted molar refractivity (Wildman–Crippen MR) is 74.0 cm³/mol. The second kappa shape index (κ2) is 6.33. The molecular formula is C14H19N3O2. The minimum Gasteiger partial charge on any atom is -0.318 e. The van der Waals surface area contributed by atoms with E-state index in [-0.39, 0.29) is 12.1 Å². The van der Waals surface area contributed by atoms with E-state index >= 15 is 0 Å². The average molecular weight is 261 g/mol. The van der Waals surface area contributed by atoms with Crippen LogP contribution >= 0.6 is 0 Å². The summed E-state index contributed by atoms with van der Waals surface area (Å²) in [6, 6.07) is 8.91. The highest BCUT2D eigenvalue weighted by Gasteiger charge is 2.29. The van der Waals surface area contributed by atoms with Crippen molar-refractivity contribution >= 4 is 18.1 Å². The first-order chi connectivity index (χ1) is 9.27. The van der Waals surface area contributed by atoms with Crippen LogP contribution in [0.1, 0.15) is 13.3 Å². The summed E-state index contributed by atoms with van der Waals surface area (Å²) >= 11 is 0. The standard InChI is InChI=1S/C14H19N3O2/c1-2-12-10-15-8-9-16(12)14(19)17(11-18)13-6-4-3-5-7-13/h3-7,11-12,15H,2,8-10H2,1H3. The third-order valence-electron chi connectivity index (χ3n) is 3.41. The first-order valence-electron chi connectivity index (χ1n) is 6.58. The highest BCUT2D eigenvalue weighted by atomic mass is 16.2. The van der Waals surface area contributed by atoms with Crippen LogP contribution in [0.2, 0.25) is 0 Å². The Kier molecular flexibility index (Phi) is 4.52. The molecule has 1 unspecified atom stereocenters. The zero-order chi connectivity index (χ0) is 13.7. The topological polar surface area (TPSA) is 52.7 Å². The quantitative estimate of drug-likeness (QED) is 0.838. The molecule has 5 heteroatoms. The summed E-state index contributed by atoms with van der Waals surface area (Å²) in [5, 5.41) is 3.27. The summed E-state index contributed by atoms with van der Waals surface area (Å²) < 4.78 is 0. The van der Waals surface area contributed by atoms with Crippen LogP contribution in [0.4, 0.5) is 10.5 Å². The van der Waals surface area contributed by atoms with E-state index in [4.69, 9.17) is 0 Å². The van der Waals surface area contributed by atoms with E-state index in [9.17, 15) is 9.59 Å². The van der Waals surface area contributed by atoms with Gasteiger partial charge in [-0.3, -0.25) is 4.79 Å². The monoisotopic (exact) mass is 261 g/mol. The van der Waals surface area contributed by atoms with Crippen LogP contribution in [0.25, 0.3) is 0 Å². The highest BCUT2D eigenvalue weighted by Crippen LogP contribution is 2.16. The van der Waals surface area contributed by atoms with Gasteiger partial charge in [0.25, 0.3) is 0 Å². The molecule has 3 amide bonds. The molecule has 1 saturated heterocycles. The van der Waals surface area contributed by atoms with Gasteiger partial charge in [0.05, 0.1) is 5.69 Å². The third-order valence-corrected chi connectivity index (χ3v) is 3.41. The molecule has 0 aliphatic carbocycles. The zero-order valence-electron chi connectivity index (χ0n) is 11.1. The largest absolute Gasteiger partial charge is 0.331 e. The third kappa shape index (κ3) is 2.93. The van der Waals surface area contributed by atoms with Crippen molar-refractivity contribution in [2.24, 2.45) is 0 Å². The lowest BCUT2D eigenvalue weighted by molar-refractivity contribution is -0.107. The number of imide groups is 1. The molecule has 102 valence electrons. The van der Waals surface area contributed by atoms with Crippen molar-refractivity contribution in [2.75, 3.05) is 24.5 Å². The summed E-state index contributed by atoms with van der Waals surface area (Å²) in [6.07, 6.45) is 1.46. The van der Waals surface area contributed by atoms with E-state index in [0.29, 0.717) is 18.6 Å². The molecule has 0 radical (unpaired) electrons. The second-order valence-corrected chi connectivity index (χ2v) is 4.55. The molecule has 0 aromatic heterocycles. The van der Waals surface area contributed by atoms with Gasteiger partial charge in [-0.25, -0.2) is 9.69 Å². The number of hydrogen-bond acceptors (Lipinski definition) is 3. The van der Waals surface area contributed by atoms with Crippen molar-refractivity contribution in [1.29, 1.82) is 0 Å². The zero-order valence-corrected chi connectivity index (χ0v) is 11.1. The van der Waals surface area contributed by atoms with Crippen LogP contribution in [0.3, 0.4) is 0 Å². The Morgan fingerprint density at radius 2 is 2.21 bits per heavy atom. The van der Waals surface area contributed by atoms with Crippen molar-refractivity contribution in [3.63, 3.8) is 0 Å². The number of carbonyl (C=O) groups excluding carboxylic acids is 2. The van der Waals surface area contributed by atoms with Gasteiger partial charge in [-0.1, -0.05) is 25.1 Å². The van der Waals surface area contributed by atoms with Gasteiger partial charge >= 0.3 is 6.03 Å². The summed E-state index contributed by atoms with van der Waals surface area (Å²) in [5.41, 5.74) is 0.607. The van der Waals surface area contributed by atoms with Gasteiger partial charge in [0.2, 0.25) is 6.41 Å². The van der Waals surface area contributed by atoms with Crippen molar-refractivity contribution in [2.45, 2.75) is 19.4 Å². The first-order valence-corrected chi connectivity index (χ1v) is 6.58. The number of nitrogens with one attached hydrogen (secondary N) is 1. The number of piperazine rings is 1. The summed E-state index contributed by atoms with van der Waals surface area (Å²) in [4.78, 5) is 26.7. The van der Waals surface area contributed by atoms with Crippen molar-refractivity contribution in [3.05, 3.63) is 30.3 Å². The van der Waals surface area contributed by atoms with Crippen molar-refractivity contribution in [3.8, 4) is 0 Å². The Bertz CT molecular complexity index is 436. The maximum atomic E-state index is 12.5. The molecule has 1 aromatic rings. The minimum absolute atomic E-state index is 0.146. The Morgan fingerprint density at radius 3 is 2.84 bits per heavy atom. The van der Waals surface area contributed by atoms with Crippen LogP contribution in [-0.2, 0) is 4.79 Å². The average Bonchev–Trinajstić information content (AvgIpc) is 2.49. The van der Waals surface area contributed by atoms with E-state index in [1.807, 2.05) is 25.1 Å². The summed E-state index contributed by atoms with van der Waals surface area (Å²) in [5.74, 6) is 0. The highest BCUT2D eigenvalue weighted by molar-refractivity contribution is 6.06. The molecule has 5 nitrogen and oxygen atoms in total. The molecule has 1 aliphatic rings. The smallest absolute Gasteiger partial charge is 0.318 e. The molecule has 0 saturated carbocycles. The van der Waals surface area contributed by atoms with E-state index in [1.165, 1.54) is 4.90 Å². The normalized spacial score (nSPS) is 19.0. The molecule has 1 atom stereocenters. The van der Waals surface area contributed by atoms with Crippen LogP contribution in [-0.4, -0.2) is 43.0 Å². The number of urea groups is 1. The fourth-order valence-corrected chi connectivity index (χ4v) is 2.32. The van der Waals surface area contributed by atoms with Crippen LogP contribution in [0.5, 0.6) is 0 Å². The van der Waals surface area contributed by atoms with Gasteiger partial charge < -0.3 is 10.2 Å². The van der Waals surface area contributed by atoms with Crippen LogP contribution < -0.4 is 10.2 Å². The molecule has 0 spiro atoms. The lowest BCUT2D eigenvalue weighted by atomic mass is 10.1. The SMILES string of the molecule is CCC1CNCCN1C(=O)N(C=O)c1ccccc1. The maximum absolute atomic E-state index is 12.5. The van der Waals surface area contributed by atoms with Crippen molar-refractivity contribution < 1.29 is 9.59 Å². The van der Waals surface area contributed by atoms with Gasteiger partial charge in [0.1, 0.15) is 0 Å².